The number of aryl methyl sites for hydroxylation is 1. The smallest absolute Gasteiger partial charge is 0.270 e. The fourth-order valence-corrected chi connectivity index (χ4v) is 3.77. The van der Waals surface area contributed by atoms with Crippen LogP contribution in [0.1, 0.15) is 43.5 Å². The summed E-state index contributed by atoms with van der Waals surface area (Å²) in [6.45, 7) is 2.16. The lowest BCUT2D eigenvalue weighted by molar-refractivity contribution is -0.127. The van der Waals surface area contributed by atoms with E-state index < -0.39 is 23.8 Å². The number of methoxy groups -OCH3 is 1. The fourth-order valence-electron chi connectivity index (χ4n) is 3.01. The number of nitrogens with zero attached hydrogens (tertiary/aromatic N) is 2. The Morgan fingerprint density at radius 2 is 2.09 bits per heavy atom. The number of rotatable bonds is 10. The lowest BCUT2D eigenvalue weighted by Crippen LogP contribution is -2.44. The standard InChI is InChI=1S/C20H23N5O6S/c1-11-5-6-13(31-11)16(19(27)23-7-9-29-2)25(10-12-4-3-8-30-12)20(28)17-14(21)15(18(22)26)24-32-17/h3-6,8,16H,7,9-10,21H2,1-2H3,(H2,22,26)(H,23,27)/t16-/m1/s1. The zero-order valence-electron chi connectivity index (χ0n) is 17.5. The van der Waals surface area contributed by atoms with Gasteiger partial charge in [0.15, 0.2) is 11.7 Å². The zero-order chi connectivity index (χ0) is 23.3. The summed E-state index contributed by atoms with van der Waals surface area (Å²) >= 11 is 0.725. The van der Waals surface area contributed by atoms with E-state index in [0.717, 1.165) is 11.5 Å². The van der Waals surface area contributed by atoms with Gasteiger partial charge >= 0.3 is 0 Å². The van der Waals surface area contributed by atoms with E-state index >= 15 is 0 Å². The third-order valence-electron chi connectivity index (χ3n) is 4.52. The summed E-state index contributed by atoms with van der Waals surface area (Å²) in [4.78, 5) is 39.5. The van der Waals surface area contributed by atoms with Gasteiger partial charge in [-0.05, 0) is 42.7 Å². The highest BCUT2D eigenvalue weighted by molar-refractivity contribution is 7.09. The summed E-state index contributed by atoms with van der Waals surface area (Å²) in [6.07, 6.45) is 1.45. The average molecular weight is 462 g/mol. The Kier molecular flexibility index (Phi) is 7.28. The molecule has 12 heteroatoms. The summed E-state index contributed by atoms with van der Waals surface area (Å²) in [5.74, 6) is -0.747. The summed E-state index contributed by atoms with van der Waals surface area (Å²) in [7, 11) is 1.51. The van der Waals surface area contributed by atoms with Crippen LogP contribution in [0, 0.1) is 6.92 Å². The predicted octanol–water partition coefficient (Wildman–Crippen LogP) is 1.46. The maximum Gasteiger partial charge on any atom is 0.270 e. The zero-order valence-corrected chi connectivity index (χ0v) is 18.3. The molecule has 3 heterocycles. The first-order chi connectivity index (χ1) is 15.3. The van der Waals surface area contributed by atoms with E-state index in [9.17, 15) is 14.4 Å². The number of carbonyl (C=O) groups is 3. The van der Waals surface area contributed by atoms with Gasteiger partial charge in [-0.15, -0.1) is 0 Å². The van der Waals surface area contributed by atoms with E-state index in [2.05, 4.69) is 9.69 Å². The summed E-state index contributed by atoms with van der Waals surface area (Å²) in [5.41, 5.74) is 10.9. The van der Waals surface area contributed by atoms with Crippen LogP contribution in [0.4, 0.5) is 5.69 Å². The Morgan fingerprint density at radius 1 is 1.31 bits per heavy atom. The van der Waals surface area contributed by atoms with Crippen molar-refractivity contribution < 1.29 is 28.0 Å². The number of anilines is 1. The predicted molar refractivity (Wildman–Crippen MR) is 115 cm³/mol. The number of hydrogen-bond donors (Lipinski definition) is 3. The molecule has 3 aromatic rings. The van der Waals surface area contributed by atoms with E-state index in [4.69, 9.17) is 25.0 Å². The molecule has 3 aromatic heterocycles. The van der Waals surface area contributed by atoms with Crippen molar-refractivity contribution in [1.82, 2.24) is 14.6 Å². The van der Waals surface area contributed by atoms with Crippen molar-refractivity contribution in [2.45, 2.75) is 19.5 Å². The Morgan fingerprint density at radius 3 is 2.66 bits per heavy atom. The highest BCUT2D eigenvalue weighted by atomic mass is 32.1. The van der Waals surface area contributed by atoms with Gasteiger partial charge in [0.1, 0.15) is 22.2 Å². The van der Waals surface area contributed by atoms with Crippen LogP contribution in [0.2, 0.25) is 0 Å². The van der Waals surface area contributed by atoms with E-state index in [1.54, 1.807) is 31.2 Å². The third kappa shape index (κ3) is 4.98. The molecule has 0 aliphatic heterocycles. The van der Waals surface area contributed by atoms with Crippen LogP contribution in [0.25, 0.3) is 0 Å². The minimum Gasteiger partial charge on any atom is -0.467 e. The maximum atomic E-state index is 13.6. The number of nitrogens with two attached hydrogens (primary N) is 2. The van der Waals surface area contributed by atoms with Gasteiger partial charge in [0.2, 0.25) is 0 Å². The average Bonchev–Trinajstić information content (AvgIpc) is 3.49. The number of hydrogen-bond acceptors (Lipinski definition) is 9. The molecular weight excluding hydrogens is 438 g/mol. The second-order valence-corrected chi connectivity index (χ2v) is 7.56. The lowest BCUT2D eigenvalue weighted by atomic mass is 10.1. The Hall–Kier alpha value is -3.64. The SMILES string of the molecule is COCCNC(=O)[C@@H](c1ccc(C)o1)N(Cc1ccco1)C(=O)c1snc(C(N)=O)c1N. The van der Waals surface area contributed by atoms with E-state index in [1.807, 2.05) is 0 Å². The van der Waals surface area contributed by atoms with Crippen LogP contribution in [-0.2, 0) is 16.1 Å². The van der Waals surface area contributed by atoms with Gasteiger partial charge in [-0.2, -0.15) is 4.37 Å². The van der Waals surface area contributed by atoms with Gasteiger partial charge in [0, 0.05) is 13.7 Å². The molecule has 0 aliphatic rings. The largest absolute Gasteiger partial charge is 0.467 e. The normalized spacial score (nSPS) is 11.8. The molecule has 170 valence electrons. The van der Waals surface area contributed by atoms with Gasteiger partial charge in [-0.3, -0.25) is 14.4 Å². The summed E-state index contributed by atoms with van der Waals surface area (Å²) in [5, 5.41) is 2.73. The quantitative estimate of drug-likeness (QED) is 0.381. The Balaban J connectivity index is 2.04. The maximum absolute atomic E-state index is 13.6. The molecule has 3 amide bonds. The fraction of sp³-hybridized carbons (Fsp3) is 0.300. The van der Waals surface area contributed by atoms with Crippen LogP contribution >= 0.6 is 11.5 Å². The number of furan rings is 2. The molecule has 3 rings (SSSR count). The van der Waals surface area contributed by atoms with Crippen LogP contribution in [0.3, 0.4) is 0 Å². The number of nitrogen functional groups attached to an aromatic ring is 1. The molecule has 5 N–H and O–H groups in total. The first-order valence-corrected chi connectivity index (χ1v) is 10.3. The van der Waals surface area contributed by atoms with Gasteiger partial charge in [0.25, 0.3) is 17.7 Å². The van der Waals surface area contributed by atoms with Crippen molar-refractivity contribution >= 4 is 34.9 Å². The van der Waals surface area contributed by atoms with Crippen LogP contribution < -0.4 is 16.8 Å². The Labute approximate surface area is 187 Å². The summed E-state index contributed by atoms with van der Waals surface area (Å²) in [6, 6.07) is 5.47. The number of carbonyl (C=O) groups excluding carboxylic acids is 3. The number of ether oxygens (including phenoxy) is 1. The third-order valence-corrected chi connectivity index (χ3v) is 5.37. The first-order valence-electron chi connectivity index (χ1n) is 9.54. The molecule has 0 aromatic carbocycles. The van der Waals surface area contributed by atoms with E-state index in [-0.39, 0.29) is 41.7 Å². The van der Waals surface area contributed by atoms with Crippen LogP contribution in [0.5, 0.6) is 0 Å². The second-order valence-electron chi connectivity index (χ2n) is 6.79. The molecule has 11 nitrogen and oxygen atoms in total. The van der Waals surface area contributed by atoms with Crippen LogP contribution in [-0.4, -0.2) is 47.3 Å². The molecule has 0 radical (unpaired) electrons. The lowest BCUT2D eigenvalue weighted by Gasteiger charge is -2.29. The molecule has 0 fully saturated rings. The minimum absolute atomic E-state index is 0.0247. The highest BCUT2D eigenvalue weighted by Gasteiger charge is 2.37. The molecule has 0 aliphatic carbocycles. The van der Waals surface area contributed by atoms with Gasteiger partial charge in [-0.25, -0.2) is 0 Å². The van der Waals surface area contributed by atoms with Crippen molar-refractivity contribution in [3.8, 4) is 0 Å². The molecule has 0 bridgehead atoms. The number of amides is 3. The summed E-state index contributed by atoms with van der Waals surface area (Å²) < 4.78 is 20.0. The van der Waals surface area contributed by atoms with E-state index in [0.29, 0.717) is 11.5 Å². The van der Waals surface area contributed by atoms with Gasteiger partial charge in [-0.1, -0.05) is 0 Å². The molecule has 32 heavy (non-hydrogen) atoms. The molecule has 0 unspecified atom stereocenters. The van der Waals surface area contributed by atoms with Gasteiger partial charge < -0.3 is 35.3 Å². The molecule has 0 saturated heterocycles. The number of aromatic nitrogens is 1. The molecule has 1 atom stereocenters. The molecule has 0 spiro atoms. The molecule has 0 saturated carbocycles. The molecular formula is C20H23N5O6S. The minimum atomic E-state index is -1.16. The monoisotopic (exact) mass is 461 g/mol. The second kappa shape index (κ2) is 10.1. The van der Waals surface area contributed by atoms with Gasteiger partial charge in [0.05, 0.1) is 25.1 Å². The number of nitrogens with one attached hydrogen (secondary N) is 1. The van der Waals surface area contributed by atoms with Crippen molar-refractivity contribution in [2.24, 2.45) is 5.73 Å². The van der Waals surface area contributed by atoms with Crippen molar-refractivity contribution in [3.05, 3.63) is 58.4 Å². The first kappa shape index (κ1) is 23.0. The van der Waals surface area contributed by atoms with Crippen molar-refractivity contribution in [1.29, 1.82) is 0 Å². The Bertz CT molecular complexity index is 1090. The van der Waals surface area contributed by atoms with Crippen molar-refractivity contribution in [3.63, 3.8) is 0 Å². The van der Waals surface area contributed by atoms with E-state index in [1.165, 1.54) is 18.3 Å². The topological polar surface area (TPSA) is 167 Å². The highest BCUT2D eigenvalue weighted by Crippen LogP contribution is 2.31. The number of primary amides is 1. The van der Waals surface area contributed by atoms with Crippen LogP contribution in [0.15, 0.2) is 39.4 Å². The van der Waals surface area contributed by atoms with Crippen molar-refractivity contribution in [2.75, 3.05) is 26.0 Å².